The number of aliphatic hydroxyl groups is 1. The smallest absolute Gasteiger partial charge is 0.408 e. The van der Waals surface area contributed by atoms with Crippen LogP contribution < -0.4 is 10.6 Å². The molecule has 9 nitrogen and oxygen atoms in total. The molecule has 0 aliphatic rings. The van der Waals surface area contributed by atoms with Crippen LogP contribution in [-0.2, 0) is 27.4 Å². The lowest BCUT2D eigenvalue weighted by molar-refractivity contribution is -0.145. The Morgan fingerprint density at radius 1 is 0.967 bits per heavy atom. The highest BCUT2D eigenvalue weighted by Gasteiger charge is 2.30. The number of carboxylic acid groups (broad SMARTS) is 1. The fraction of sp³-hybridized carbons (Fsp3) is 0.286. The predicted molar refractivity (Wildman–Crippen MR) is 107 cm³/mol. The number of rotatable bonds is 9. The number of ether oxygens (including phenoxy) is 1. The topological polar surface area (TPSA) is 145 Å². The zero-order chi connectivity index (χ0) is 22.1. The molecule has 9 heteroatoms. The van der Waals surface area contributed by atoms with Crippen molar-refractivity contribution in [3.63, 3.8) is 0 Å². The zero-order valence-electron chi connectivity index (χ0n) is 16.3. The summed E-state index contributed by atoms with van der Waals surface area (Å²) in [5.74, 6) is -2.17. The minimum atomic E-state index is -1.54. The second-order valence-electron chi connectivity index (χ2n) is 6.69. The third-order valence-corrected chi connectivity index (χ3v) is 4.24. The van der Waals surface area contributed by atoms with Crippen molar-refractivity contribution < 1.29 is 34.4 Å². The molecule has 0 aliphatic carbocycles. The first-order valence-electron chi connectivity index (χ1n) is 9.22. The summed E-state index contributed by atoms with van der Waals surface area (Å²) in [7, 11) is 0. The Labute approximate surface area is 173 Å². The molecule has 0 unspecified atom stereocenters. The van der Waals surface area contributed by atoms with E-state index in [0.717, 1.165) is 5.56 Å². The van der Waals surface area contributed by atoms with Crippen molar-refractivity contribution in [1.29, 1.82) is 0 Å². The van der Waals surface area contributed by atoms with Crippen LogP contribution in [0, 0.1) is 0 Å². The van der Waals surface area contributed by atoms with Crippen molar-refractivity contribution in [1.82, 2.24) is 10.6 Å². The Bertz CT molecular complexity index is 853. The average Bonchev–Trinajstić information content (AvgIpc) is 2.71. The molecule has 0 spiro atoms. The van der Waals surface area contributed by atoms with Crippen LogP contribution >= 0.6 is 0 Å². The summed E-state index contributed by atoms with van der Waals surface area (Å²) in [5.41, 5.74) is 1.37. The standard InChI is InChI=1S/C21H24N2O7/c1-13(24)18(20(27)28)23-19(26)17(11-14-7-9-16(25)10-8-14)22-21(29)30-12-15-5-3-2-4-6-15/h2-10,13,17-18,24-25H,11-12H2,1H3,(H,22,29)(H,23,26)(H,27,28)/t13-,17+,18-/m1/s1. The van der Waals surface area contributed by atoms with Gasteiger partial charge in [0.15, 0.2) is 6.04 Å². The molecule has 0 heterocycles. The molecule has 0 saturated carbocycles. The van der Waals surface area contributed by atoms with Gasteiger partial charge in [0.2, 0.25) is 5.91 Å². The Morgan fingerprint density at radius 2 is 1.60 bits per heavy atom. The Kier molecular flexibility index (Phi) is 8.18. The van der Waals surface area contributed by atoms with Gasteiger partial charge in [-0.3, -0.25) is 4.79 Å². The number of hydrogen-bond acceptors (Lipinski definition) is 6. The van der Waals surface area contributed by atoms with E-state index in [1.165, 1.54) is 19.1 Å². The van der Waals surface area contributed by atoms with E-state index in [1.807, 2.05) is 6.07 Å². The van der Waals surface area contributed by atoms with Crippen LogP contribution in [0.3, 0.4) is 0 Å². The molecule has 0 radical (unpaired) electrons. The van der Waals surface area contributed by atoms with E-state index in [9.17, 15) is 29.7 Å². The molecular formula is C21H24N2O7. The molecule has 0 aliphatic heterocycles. The number of nitrogens with one attached hydrogen (secondary N) is 2. The van der Waals surface area contributed by atoms with E-state index in [2.05, 4.69) is 10.6 Å². The number of carbonyl (C=O) groups excluding carboxylic acids is 2. The SMILES string of the molecule is C[C@@H](O)[C@@H](NC(=O)[C@H](Cc1ccc(O)cc1)NC(=O)OCc1ccccc1)C(=O)O. The minimum absolute atomic E-state index is 0.00829. The maximum Gasteiger partial charge on any atom is 0.408 e. The van der Waals surface area contributed by atoms with Gasteiger partial charge in [-0.25, -0.2) is 9.59 Å². The van der Waals surface area contributed by atoms with Gasteiger partial charge in [-0.2, -0.15) is 0 Å². The highest BCUT2D eigenvalue weighted by Crippen LogP contribution is 2.12. The van der Waals surface area contributed by atoms with Gasteiger partial charge in [-0.05, 0) is 30.2 Å². The van der Waals surface area contributed by atoms with Crippen molar-refractivity contribution in [3.05, 3.63) is 65.7 Å². The maximum absolute atomic E-state index is 12.6. The molecule has 2 aromatic carbocycles. The normalized spacial score (nSPS) is 13.5. The summed E-state index contributed by atoms with van der Waals surface area (Å²) in [6, 6.07) is 12.2. The van der Waals surface area contributed by atoms with Gasteiger partial charge in [0.1, 0.15) is 18.4 Å². The van der Waals surface area contributed by atoms with Gasteiger partial charge in [0, 0.05) is 6.42 Å². The van der Waals surface area contributed by atoms with Gasteiger partial charge in [0.25, 0.3) is 0 Å². The predicted octanol–water partition coefficient (Wildman–Crippen LogP) is 1.18. The van der Waals surface area contributed by atoms with Crippen LogP contribution in [-0.4, -0.2) is 51.5 Å². The van der Waals surface area contributed by atoms with E-state index in [0.29, 0.717) is 5.56 Å². The molecule has 2 aromatic rings. The first kappa shape index (κ1) is 22.7. The Balaban J connectivity index is 2.09. The number of alkyl carbamates (subject to hydrolysis) is 1. The van der Waals surface area contributed by atoms with Crippen molar-refractivity contribution in [2.24, 2.45) is 0 Å². The van der Waals surface area contributed by atoms with Crippen LogP contribution in [0.25, 0.3) is 0 Å². The van der Waals surface area contributed by atoms with E-state index in [1.54, 1.807) is 36.4 Å². The summed E-state index contributed by atoms with van der Waals surface area (Å²) in [4.78, 5) is 36.1. The molecule has 0 fully saturated rings. The second kappa shape index (κ2) is 10.8. The second-order valence-corrected chi connectivity index (χ2v) is 6.69. The number of hydrogen-bond donors (Lipinski definition) is 5. The number of aromatic hydroxyl groups is 1. The molecule has 2 rings (SSSR count). The van der Waals surface area contributed by atoms with Crippen molar-refractivity contribution in [3.8, 4) is 5.75 Å². The van der Waals surface area contributed by atoms with Crippen molar-refractivity contribution in [2.75, 3.05) is 0 Å². The highest BCUT2D eigenvalue weighted by atomic mass is 16.5. The lowest BCUT2D eigenvalue weighted by Gasteiger charge is -2.22. The number of carboxylic acids is 1. The van der Waals surface area contributed by atoms with Gasteiger partial charge in [-0.15, -0.1) is 0 Å². The minimum Gasteiger partial charge on any atom is -0.508 e. The van der Waals surface area contributed by atoms with E-state index < -0.39 is 36.2 Å². The summed E-state index contributed by atoms with van der Waals surface area (Å²) in [5, 5.41) is 32.8. The summed E-state index contributed by atoms with van der Waals surface area (Å²) in [6.45, 7) is 1.22. The average molecular weight is 416 g/mol. The number of aliphatic carboxylic acids is 1. The number of benzene rings is 2. The zero-order valence-corrected chi connectivity index (χ0v) is 16.3. The fourth-order valence-corrected chi connectivity index (χ4v) is 2.63. The third kappa shape index (κ3) is 7.10. The first-order valence-corrected chi connectivity index (χ1v) is 9.22. The molecule has 3 atom stereocenters. The lowest BCUT2D eigenvalue weighted by Crippen LogP contribution is -2.55. The van der Waals surface area contributed by atoms with E-state index in [4.69, 9.17) is 4.74 Å². The lowest BCUT2D eigenvalue weighted by atomic mass is 10.0. The van der Waals surface area contributed by atoms with Gasteiger partial charge >= 0.3 is 12.1 Å². The van der Waals surface area contributed by atoms with Crippen LogP contribution in [0.1, 0.15) is 18.1 Å². The largest absolute Gasteiger partial charge is 0.508 e. The number of phenolic OH excluding ortho intramolecular Hbond substituents is 1. The Hall–Kier alpha value is -3.59. The first-order chi connectivity index (χ1) is 14.3. The number of amides is 2. The summed E-state index contributed by atoms with van der Waals surface area (Å²) in [6.07, 6.45) is -2.19. The molecule has 160 valence electrons. The number of carbonyl (C=O) groups is 3. The number of aliphatic hydroxyl groups excluding tert-OH is 1. The van der Waals surface area contributed by atoms with E-state index >= 15 is 0 Å². The maximum atomic E-state index is 12.6. The quantitative estimate of drug-likeness (QED) is 0.413. The van der Waals surface area contributed by atoms with Gasteiger partial charge < -0.3 is 30.7 Å². The van der Waals surface area contributed by atoms with Gasteiger partial charge in [-0.1, -0.05) is 42.5 Å². The molecule has 0 bridgehead atoms. The fourth-order valence-electron chi connectivity index (χ4n) is 2.63. The van der Waals surface area contributed by atoms with Crippen LogP contribution in [0.2, 0.25) is 0 Å². The molecule has 0 saturated heterocycles. The van der Waals surface area contributed by atoms with Crippen LogP contribution in [0.15, 0.2) is 54.6 Å². The number of phenols is 1. The highest BCUT2D eigenvalue weighted by molar-refractivity contribution is 5.89. The summed E-state index contributed by atoms with van der Waals surface area (Å²) < 4.78 is 5.13. The molecule has 5 N–H and O–H groups in total. The molecule has 0 aromatic heterocycles. The monoisotopic (exact) mass is 416 g/mol. The van der Waals surface area contributed by atoms with Crippen molar-refractivity contribution in [2.45, 2.75) is 38.1 Å². The molecule has 2 amide bonds. The summed E-state index contributed by atoms with van der Waals surface area (Å²) >= 11 is 0. The van der Waals surface area contributed by atoms with Crippen molar-refractivity contribution >= 4 is 18.0 Å². The van der Waals surface area contributed by atoms with E-state index in [-0.39, 0.29) is 18.8 Å². The third-order valence-electron chi connectivity index (χ3n) is 4.24. The van der Waals surface area contributed by atoms with Crippen LogP contribution in [0.4, 0.5) is 4.79 Å². The molecule has 30 heavy (non-hydrogen) atoms. The Morgan fingerprint density at radius 3 is 2.17 bits per heavy atom. The van der Waals surface area contributed by atoms with Crippen LogP contribution in [0.5, 0.6) is 5.75 Å². The molecular weight excluding hydrogens is 392 g/mol. The van der Waals surface area contributed by atoms with Gasteiger partial charge in [0.05, 0.1) is 6.10 Å².